The molecule has 24 heavy (non-hydrogen) atoms. The predicted octanol–water partition coefficient (Wildman–Crippen LogP) is 3.91. The van der Waals surface area contributed by atoms with E-state index in [0.717, 1.165) is 24.2 Å². The Morgan fingerprint density at radius 3 is 2.71 bits per heavy atom. The Hall–Kier alpha value is -1.73. The second kappa shape index (κ2) is 8.94. The van der Waals surface area contributed by atoms with Crippen molar-refractivity contribution in [3.63, 3.8) is 0 Å². The van der Waals surface area contributed by atoms with Gasteiger partial charge in [0.25, 0.3) is 6.43 Å². The van der Waals surface area contributed by atoms with Crippen molar-refractivity contribution in [2.75, 3.05) is 13.7 Å². The molecule has 0 unspecified atom stereocenters. The van der Waals surface area contributed by atoms with E-state index in [4.69, 9.17) is 10.5 Å². The zero-order valence-corrected chi connectivity index (χ0v) is 14.6. The standard InChI is InChI=1S/C17H21F2N3OS/c1-11-8-14(16(18)19)22-17(21-11)24-10-13-9-12(4-3-7-20)5-6-15(13)23-2/h5-6,8-9,16H,3-4,7,10,20H2,1-2H3. The number of aromatic nitrogens is 2. The van der Waals surface area contributed by atoms with Crippen LogP contribution in [-0.4, -0.2) is 23.6 Å². The van der Waals surface area contributed by atoms with E-state index in [-0.39, 0.29) is 5.69 Å². The lowest BCUT2D eigenvalue weighted by Gasteiger charge is -2.11. The van der Waals surface area contributed by atoms with Gasteiger partial charge in [-0.1, -0.05) is 23.9 Å². The van der Waals surface area contributed by atoms with Crippen LogP contribution in [-0.2, 0) is 12.2 Å². The van der Waals surface area contributed by atoms with Gasteiger partial charge in [0.1, 0.15) is 11.4 Å². The van der Waals surface area contributed by atoms with Gasteiger partial charge in [0.15, 0.2) is 5.16 Å². The minimum absolute atomic E-state index is 0.242. The number of nitrogens with two attached hydrogens (primary N) is 1. The first-order valence-electron chi connectivity index (χ1n) is 7.66. The molecule has 1 aromatic heterocycles. The van der Waals surface area contributed by atoms with Crippen LogP contribution in [0.4, 0.5) is 8.78 Å². The molecule has 0 fully saturated rings. The molecule has 2 aromatic rings. The second-order valence-corrected chi connectivity index (χ2v) is 6.29. The van der Waals surface area contributed by atoms with Crippen molar-refractivity contribution in [2.45, 2.75) is 37.1 Å². The number of benzene rings is 1. The van der Waals surface area contributed by atoms with E-state index in [9.17, 15) is 8.78 Å². The molecule has 130 valence electrons. The van der Waals surface area contributed by atoms with Gasteiger partial charge in [-0.3, -0.25) is 0 Å². The molecule has 0 aliphatic heterocycles. The number of hydrogen-bond acceptors (Lipinski definition) is 5. The van der Waals surface area contributed by atoms with Crippen LogP contribution in [0.15, 0.2) is 29.4 Å². The molecule has 2 rings (SSSR count). The number of thioether (sulfide) groups is 1. The van der Waals surface area contributed by atoms with E-state index in [1.165, 1.54) is 23.4 Å². The number of aryl methyl sites for hydroxylation is 2. The fourth-order valence-electron chi connectivity index (χ4n) is 2.29. The Kier molecular flexibility index (Phi) is 6.93. The zero-order valence-electron chi connectivity index (χ0n) is 13.8. The fourth-order valence-corrected chi connectivity index (χ4v) is 3.18. The van der Waals surface area contributed by atoms with E-state index in [2.05, 4.69) is 16.0 Å². The molecule has 0 aliphatic rings. The first kappa shape index (κ1) is 18.6. The number of ether oxygens (including phenoxy) is 1. The molecule has 1 aromatic carbocycles. The third-order valence-corrected chi connectivity index (χ3v) is 4.34. The normalized spacial score (nSPS) is 11.1. The Balaban J connectivity index is 2.15. The third kappa shape index (κ3) is 5.14. The molecule has 0 saturated carbocycles. The first-order valence-corrected chi connectivity index (χ1v) is 8.64. The van der Waals surface area contributed by atoms with Crippen LogP contribution in [0.25, 0.3) is 0 Å². The summed E-state index contributed by atoms with van der Waals surface area (Å²) in [7, 11) is 1.61. The maximum atomic E-state index is 12.9. The predicted molar refractivity (Wildman–Crippen MR) is 91.7 cm³/mol. The summed E-state index contributed by atoms with van der Waals surface area (Å²) in [6, 6.07) is 7.30. The molecular weight excluding hydrogens is 332 g/mol. The third-order valence-electron chi connectivity index (χ3n) is 3.45. The van der Waals surface area contributed by atoms with Crippen molar-refractivity contribution in [3.8, 4) is 5.75 Å². The van der Waals surface area contributed by atoms with E-state index in [1.54, 1.807) is 14.0 Å². The van der Waals surface area contributed by atoms with Crippen LogP contribution in [0, 0.1) is 6.92 Å². The summed E-state index contributed by atoms with van der Waals surface area (Å²) < 4.78 is 31.1. The number of hydrogen-bond donors (Lipinski definition) is 1. The lowest BCUT2D eigenvalue weighted by molar-refractivity contribution is 0.145. The van der Waals surface area contributed by atoms with Gasteiger partial charge >= 0.3 is 0 Å². The molecule has 2 N–H and O–H groups in total. The highest BCUT2D eigenvalue weighted by atomic mass is 32.2. The minimum Gasteiger partial charge on any atom is -0.496 e. The van der Waals surface area contributed by atoms with Crippen LogP contribution < -0.4 is 10.5 Å². The molecule has 0 spiro atoms. The van der Waals surface area contributed by atoms with Crippen molar-refractivity contribution in [3.05, 3.63) is 46.8 Å². The molecule has 1 heterocycles. The molecule has 0 saturated heterocycles. The monoisotopic (exact) mass is 353 g/mol. The minimum atomic E-state index is -2.60. The Labute approximate surface area is 144 Å². The SMILES string of the molecule is COc1ccc(CCCN)cc1CSc1nc(C)cc(C(F)F)n1. The fraction of sp³-hybridized carbons (Fsp3) is 0.412. The topological polar surface area (TPSA) is 61.0 Å². The van der Waals surface area contributed by atoms with Crippen molar-refractivity contribution in [2.24, 2.45) is 5.73 Å². The van der Waals surface area contributed by atoms with E-state index in [0.29, 0.717) is 23.1 Å². The number of nitrogens with zero attached hydrogens (tertiary/aromatic N) is 2. The van der Waals surface area contributed by atoms with E-state index < -0.39 is 6.43 Å². The highest BCUT2D eigenvalue weighted by molar-refractivity contribution is 7.98. The summed E-state index contributed by atoms with van der Waals surface area (Å²) in [5, 5.41) is 0.347. The van der Waals surface area contributed by atoms with Crippen molar-refractivity contribution in [1.29, 1.82) is 0 Å². The lowest BCUT2D eigenvalue weighted by atomic mass is 10.1. The van der Waals surface area contributed by atoms with Crippen molar-refractivity contribution < 1.29 is 13.5 Å². The van der Waals surface area contributed by atoms with Crippen LogP contribution >= 0.6 is 11.8 Å². The summed E-state index contributed by atoms with van der Waals surface area (Å²) in [5.41, 5.74) is 8.01. The molecule has 0 amide bonds. The highest BCUT2D eigenvalue weighted by Gasteiger charge is 2.13. The van der Waals surface area contributed by atoms with Gasteiger partial charge in [-0.25, -0.2) is 18.7 Å². The highest BCUT2D eigenvalue weighted by Crippen LogP contribution is 2.29. The Bertz CT molecular complexity index is 683. The van der Waals surface area contributed by atoms with Gasteiger partial charge in [0, 0.05) is 17.0 Å². The molecule has 0 radical (unpaired) electrons. The molecule has 4 nitrogen and oxygen atoms in total. The van der Waals surface area contributed by atoms with E-state index >= 15 is 0 Å². The largest absolute Gasteiger partial charge is 0.496 e. The molecule has 0 aliphatic carbocycles. The van der Waals surface area contributed by atoms with Crippen molar-refractivity contribution >= 4 is 11.8 Å². The first-order chi connectivity index (χ1) is 11.5. The summed E-state index contributed by atoms with van der Waals surface area (Å²) >= 11 is 1.32. The summed E-state index contributed by atoms with van der Waals surface area (Å²) in [6.45, 7) is 2.33. The maximum Gasteiger partial charge on any atom is 0.280 e. The zero-order chi connectivity index (χ0) is 17.5. The summed E-state index contributed by atoms with van der Waals surface area (Å²) in [4.78, 5) is 8.14. The van der Waals surface area contributed by atoms with Crippen LogP contribution in [0.5, 0.6) is 5.75 Å². The van der Waals surface area contributed by atoms with Crippen LogP contribution in [0.3, 0.4) is 0 Å². The van der Waals surface area contributed by atoms with Gasteiger partial charge in [0.2, 0.25) is 0 Å². The summed E-state index contributed by atoms with van der Waals surface area (Å²) in [6.07, 6.45) is -0.785. The van der Waals surface area contributed by atoms with Crippen LogP contribution in [0.1, 0.15) is 35.4 Å². The second-order valence-electron chi connectivity index (χ2n) is 5.34. The van der Waals surface area contributed by atoms with E-state index in [1.807, 2.05) is 12.1 Å². The van der Waals surface area contributed by atoms with Gasteiger partial charge in [-0.2, -0.15) is 0 Å². The Morgan fingerprint density at radius 2 is 2.04 bits per heavy atom. The number of halogens is 2. The van der Waals surface area contributed by atoms with Gasteiger partial charge in [-0.05, 0) is 44.0 Å². The van der Waals surface area contributed by atoms with Gasteiger partial charge in [0.05, 0.1) is 7.11 Å². The average Bonchev–Trinajstić information content (AvgIpc) is 2.57. The molecule has 7 heteroatoms. The number of alkyl halides is 2. The van der Waals surface area contributed by atoms with Gasteiger partial charge in [-0.15, -0.1) is 0 Å². The van der Waals surface area contributed by atoms with Gasteiger partial charge < -0.3 is 10.5 Å². The Morgan fingerprint density at radius 1 is 1.25 bits per heavy atom. The number of rotatable bonds is 8. The smallest absolute Gasteiger partial charge is 0.280 e. The lowest BCUT2D eigenvalue weighted by Crippen LogP contribution is -2.01. The molecular formula is C17H21F2N3OS. The quantitative estimate of drug-likeness (QED) is 0.576. The molecule has 0 bridgehead atoms. The molecule has 0 atom stereocenters. The number of methoxy groups -OCH3 is 1. The maximum absolute atomic E-state index is 12.9. The summed E-state index contributed by atoms with van der Waals surface area (Å²) in [5.74, 6) is 1.31. The van der Waals surface area contributed by atoms with Crippen molar-refractivity contribution in [1.82, 2.24) is 9.97 Å². The average molecular weight is 353 g/mol. The van der Waals surface area contributed by atoms with Crippen LogP contribution in [0.2, 0.25) is 0 Å².